The highest BCUT2D eigenvalue weighted by Crippen LogP contribution is 2.20. The van der Waals surface area contributed by atoms with Crippen molar-refractivity contribution < 1.29 is 9.53 Å². The van der Waals surface area contributed by atoms with Crippen molar-refractivity contribution in [1.29, 1.82) is 0 Å². The maximum atomic E-state index is 11.1. The van der Waals surface area contributed by atoms with Crippen LogP contribution in [0, 0.1) is 0 Å². The molecule has 0 saturated carbocycles. The molecule has 1 aromatic rings. The van der Waals surface area contributed by atoms with E-state index < -0.39 is 6.10 Å². The van der Waals surface area contributed by atoms with Gasteiger partial charge in [-0.15, -0.1) is 0 Å². The van der Waals surface area contributed by atoms with Gasteiger partial charge in [-0.2, -0.15) is 4.99 Å². The van der Waals surface area contributed by atoms with Crippen LogP contribution < -0.4 is 0 Å². The van der Waals surface area contributed by atoms with Gasteiger partial charge in [0.2, 0.25) is 5.90 Å². The summed E-state index contributed by atoms with van der Waals surface area (Å²) in [4.78, 5) is 14.9. The molecule has 1 heterocycles. The topological polar surface area (TPSA) is 38.7 Å². The second-order valence-electron chi connectivity index (χ2n) is 3.00. The summed E-state index contributed by atoms with van der Waals surface area (Å²) in [5.41, 5.74) is 0.659. The SMILES string of the molecule is CC1OC(c2ccccc2Cl)=NC1=O. The van der Waals surface area contributed by atoms with E-state index in [-0.39, 0.29) is 5.91 Å². The summed E-state index contributed by atoms with van der Waals surface area (Å²) in [5.74, 6) is 0.0491. The van der Waals surface area contributed by atoms with Gasteiger partial charge in [-0.25, -0.2) is 0 Å². The molecule has 1 amide bonds. The Morgan fingerprint density at radius 3 is 2.71 bits per heavy atom. The van der Waals surface area contributed by atoms with Crippen molar-refractivity contribution in [2.24, 2.45) is 4.99 Å². The van der Waals surface area contributed by atoms with Crippen LogP contribution >= 0.6 is 11.6 Å². The van der Waals surface area contributed by atoms with Crippen molar-refractivity contribution in [1.82, 2.24) is 0 Å². The van der Waals surface area contributed by atoms with Gasteiger partial charge in [0.25, 0.3) is 5.91 Å². The quantitative estimate of drug-likeness (QED) is 0.710. The van der Waals surface area contributed by atoms with Crippen LogP contribution in [-0.2, 0) is 9.53 Å². The van der Waals surface area contributed by atoms with Gasteiger partial charge in [-0.05, 0) is 19.1 Å². The molecule has 1 aliphatic heterocycles. The molecule has 0 aliphatic carbocycles. The fourth-order valence-corrected chi connectivity index (χ4v) is 1.41. The number of ether oxygens (including phenoxy) is 1. The third kappa shape index (κ3) is 1.51. The van der Waals surface area contributed by atoms with Crippen molar-refractivity contribution in [3.63, 3.8) is 0 Å². The minimum Gasteiger partial charge on any atom is -0.464 e. The summed E-state index contributed by atoms with van der Waals surface area (Å²) in [6.07, 6.45) is -0.499. The molecule has 0 spiro atoms. The lowest BCUT2D eigenvalue weighted by Crippen LogP contribution is -2.12. The molecular weight excluding hydrogens is 202 g/mol. The van der Waals surface area contributed by atoms with E-state index >= 15 is 0 Å². The summed E-state index contributed by atoms with van der Waals surface area (Å²) in [6.45, 7) is 1.66. The first-order valence-electron chi connectivity index (χ1n) is 4.22. The first-order valence-corrected chi connectivity index (χ1v) is 4.60. The molecule has 1 aliphatic rings. The van der Waals surface area contributed by atoms with Crippen LogP contribution in [0.4, 0.5) is 0 Å². The lowest BCUT2D eigenvalue weighted by atomic mass is 10.2. The number of hydrogen-bond donors (Lipinski definition) is 0. The van der Waals surface area contributed by atoms with Crippen LogP contribution in [0.5, 0.6) is 0 Å². The number of halogens is 1. The number of benzene rings is 1. The molecular formula is C10H8ClNO2. The monoisotopic (exact) mass is 209 g/mol. The van der Waals surface area contributed by atoms with Gasteiger partial charge < -0.3 is 4.74 Å². The molecule has 0 radical (unpaired) electrons. The highest BCUT2D eigenvalue weighted by atomic mass is 35.5. The van der Waals surface area contributed by atoms with E-state index in [1.54, 1.807) is 19.1 Å². The van der Waals surface area contributed by atoms with Crippen molar-refractivity contribution in [2.45, 2.75) is 13.0 Å². The zero-order chi connectivity index (χ0) is 10.1. The number of amides is 1. The minimum absolute atomic E-state index is 0.264. The van der Waals surface area contributed by atoms with Crippen LogP contribution in [0.25, 0.3) is 0 Å². The molecule has 72 valence electrons. The maximum Gasteiger partial charge on any atom is 0.289 e. The molecule has 0 fully saturated rings. The van der Waals surface area contributed by atoms with E-state index in [0.29, 0.717) is 16.5 Å². The highest BCUT2D eigenvalue weighted by Gasteiger charge is 2.26. The van der Waals surface area contributed by atoms with Crippen molar-refractivity contribution in [3.05, 3.63) is 34.9 Å². The predicted molar refractivity (Wildman–Crippen MR) is 53.5 cm³/mol. The summed E-state index contributed by atoms with van der Waals surface area (Å²) in [6, 6.07) is 7.13. The van der Waals surface area contributed by atoms with E-state index in [9.17, 15) is 4.79 Å². The van der Waals surface area contributed by atoms with Gasteiger partial charge in [0.1, 0.15) is 0 Å². The number of aliphatic imine (C=N–C) groups is 1. The van der Waals surface area contributed by atoms with Crippen LogP contribution in [0.15, 0.2) is 29.3 Å². The average Bonchev–Trinajstić information content (AvgIpc) is 2.48. The molecule has 2 rings (SSSR count). The second kappa shape index (κ2) is 3.42. The number of carbonyl (C=O) groups excluding carboxylic acids is 1. The van der Waals surface area contributed by atoms with Crippen LogP contribution in [-0.4, -0.2) is 17.9 Å². The van der Waals surface area contributed by atoms with E-state index in [2.05, 4.69) is 4.99 Å². The second-order valence-corrected chi connectivity index (χ2v) is 3.40. The number of nitrogens with zero attached hydrogens (tertiary/aromatic N) is 1. The Morgan fingerprint density at radius 2 is 2.14 bits per heavy atom. The van der Waals surface area contributed by atoms with Crippen LogP contribution in [0.3, 0.4) is 0 Å². The van der Waals surface area contributed by atoms with E-state index in [4.69, 9.17) is 16.3 Å². The van der Waals surface area contributed by atoms with Crippen molar-refractivity contribution in [3.8, 4) is 0 Å². The lowest BCUT2D eigenvalue weighted by Gasteiger charge is -2.05. The lowest BCUT2D eigenvalue weighted by molar-refractivity contribution is -0.121. The molecule has 1 atom stereocenters. The number of rotatable bonds is 1. The first kappa shape index (κ1) is 9.21. The molecule has 0 saturated heterocycles. The van der Waals surface area contributed by atoms with E-state index in [1.807, 2.05) is 12.1 Å². The largest absolute Gasteiger partial charge is 0.464 e. The molecule has 1 aromatic carbocycles. The number of hydrogen-bond acceptors (Lipinski definition) is 2. The molecule has 0 N–H and O–H groups in total. The Balaban J connectivity index is 2.38. The third-order valence-corrected chi connectivity index (χ3v) is 2.28. The van der Waals surface area contributed by atoms with Crippen LogP contribution in [0.2, 0.25) is 5.02 Å². The van der Waals surface area contributed by atoms with E-state index in [0.717, 1.165) is 0 Å². The van der Waals surface area contributed by atoms with Gasteiger partial charge in [0, 0.05) is 0 Å². The van der Waals surface area contributed by atoms with Gasteiger partial charge in [-0.1, -0.05) is 23.7 Å². The van der Waals surface area contributed by atoms with Crippen molar-refractivity contribution in [2.75, 3.05) is 0 Å². The average molecular weight is 210 g/mol. The zero-order valence-electron chi connectivity index (χ0n) is 7.53. The maximum absolute atomic E-state index is 11.1. The fraction of sp³-hybridized carbons (Fsp3) is 0.200. The minimum atomic E-state index is -0.499. The molecule has 0 bridgehead atoms. The smallest absolute Gasteiger partial charge is 0.289 e. The van der Waals surface area contributed by atoms with Gasteiger partial charge in [0.15, 0.2) is 6.10 Å². The normalized spacial score (nSPS) is 20.6. The van der Waals surface area contributed by atoms with Gasteiger partial charge in [0.05, 0.1) is 10.6 Å². The Bertz CT molecular complexity index is 414. The van der Waals surface area contributed by atoms with Crippen LogP contribution in [0.1, 0.15) is 12.5 Å². The summed E-state index contributed by atoms with van der Waals surface area (Å²) in [5, 5.41) is 0.535. The Morgan fingerprint density at radius 1 is 1.43 bits per heavy atom. The Kier molecular flexibility index (Phi) is 2.25. The summed E-state index contributed by atoms with van der Waals surface area (Å²) in [7, 11) is 0. The van der Waals surface area contributed by atoms with Crippen molar-refractivity contribution >= 4 is 23.4 Å². The van der Waals surface area contributed by atoms with Gasteiger partial charge >= 0.3 is 0 Å². The molecule has 4 heteroatoms. The fourth-order valence-electron chi connectivity index (χ4n) is 1.19. The predicted octanol–water partition coefficient (Wildman–Crippen LogP) is 2.03. The Hall–Kier alpha value is -1.35. The third-order valence-electron chi connectivity index (χ3n) is 1.95. The highest BCUT2D eigenvalue weighted by molar-refractivity contribution is 6.34. The standard InChI is InChI=1S/C10H8ClNO2/c1-6-9(13)12-10(14-6)7-4-2-3-5-8(7)11/h2-6H,1H3. The molecule has 0 aromatic heterocycles. The molecule has 1 unspecified atom stereocenters. The number of carbonyl (C=O) groups is 1. The molecule has 14 heavy (non-hydrogen) atoms. The zero-order valence-corrected chi connectivity index (χ0v) is 8.28. The summed E-state index contributed by atoms with van der Waals surface area (Å²) >= 11 is 5.93. The Labute approximate surface area is 86.4 Å². The first-order chi connectivity index (χ1) is 6.68. The molecule has 3 nitrogen and oxygen atoms in total. The van der Waals surface area contributed by atoms with E-state index in [1.165, 1.54) is 0 Å². The van der Waals surface area contributed by atoms with Gasteiger partial charge in [-0.3, -0.25) is 4.79 Å². The summed E-state index contributed by atoms with van der Waals surface area (Å²) < 4.78 is 5.26.